The maximum Gasteiger partial charge on any atom is 0.232 e. The summed E-state index contributed by atoms with van der Waals surface area (Å²) in [7, 11) is 0. The highest BCUT2D eigenvalue weighted by atomic mass is 32.1. The first-order chi connectivity index (χ1) is 16.0. The lowest BCUT2D eigenvalue weighted by molar-refractivity contribution is -0.124. The van der Waals surface area contributed by atoms with Crippen LogP contribution in [0.1, 0.15) is 30.9 Å². The predicted molar refractivity (Wildman–Crippen MR) is 133 cm³/mol. The summed E-state index contributed by atoms with van der Waals surface area (Å²) < 4.78 is 2.09. The molecular formula is C27H24N4OS. The lowest BCUT2D eigenvalue weighted by atomic mass is 9.70. The van der Waals surface area contributed by atoms with E-state index in [0.29, 0.717) is 5.13 Å². The van der Waals surface area contributed by atoms with Crippen LogP contribution in [0.15, 0.2) is 96.8 Å². The fraction of sp³-hybridized carbons (Fsp3) is 0.148. The van der Waals surface area contributed by atoms with Crippen molar-refractivity contribution in [2.24, 2.45) is 5.41 Å². The zero-order valence-corrected chi connectivity index (χ0v) is 19.3. The van der Waals surface area contributed by atoms with Gasteiger partial charge in [0, 0.05) is 29.3 Å². The second kappa shape index (κ2) is 8.64. The molecule has 5 nitrogen and oxygen atoms in total. The lowest BCUT2D eigenvalue weighted by Gasteiger charge is -2.34. The number of nitrogens with one attached hydrogen (secondary N) is 1. The van der Waals surface area contributed by atoms with Gasteiger partial charge < -0.3 is 5.32 Å². The normalized spacial score (nSPS) is 12.5. The van der Waals surface area contributed by atoms with E-state index in [2.05, 4.69) is 56.1 Å². The van der Waals surface area contributed by atoms with Crippen molar-refractivity contribution >= 4 is 27.9 Å². The highest BCUT2D eigenvalue weighted by molar-refractivity contribution is 7.13. The van der Waals surface area contributed by atoms with Gasteiger partial charge in [0.15, 0.2) is 5.13 Å². The van der Waals surface area contributed by atoms with E-state index >= 15 is 0 Å². The third-order valence-electron chi connectivity index (χ3n) is 6.01. The van der Waals surface area contributed by atoms with Gasteiger partial charge in [-0.05, 0) is 23.3 Å². The van der Waals surface area contributed by atoms with Crippen LogP contribution in [-0.4, -0.2) is 20.3 Å². The molecule has 1 N–H and O–H groups in total. The molecule has 0 saturated heterocycles. The van der Waals surface area contributed by atoms with Crippen LogP contribution in [0.2, 0.25) is 0 Å². The number of fused-ring (bicyclic) bond motifs is 1. The van der Waals surface area contributed by atoms with Crippen molar-refractivity contribution in [1.82, 2.24) is 14.4 Å². The van der Waals surface area contributed by atoms with Gasteiger partial charge in [0.1, 0.15) is 5.82 Å². The first-order valence-electron chi connectivity index (χ1n) is 10.8. The van der Waals surface area contributed by atoms with E-state index in [0.717, 1.165) is 28.0 Å². The minimum absolute atomic E-state index is 0.0651. The van der Waals surface area contributed by atoms with E-state index in [-0.39, 0.29) is 11.8 Å². The number of amides is 1. The Hall–Kier alpha value is -3.77. The van der Waals surface area contributed by atoms with Crippen LogP contribution < -0.4 is 5.32 Å². The minimum Gasteiger partial charge on any atom is -0.301 e. The van der Waals surface area contributed by atoms with Crippen molar-refractivity contribution in [1.29, 1.82) is 0 Å². The van der Waals surface area contributed by atoms with E-state index in [4.69, 9.17) is 0 Å². The van der Waals surface area contributed by atoms with Crippen molar-refractivity contribution in [3.63, 3.8) is 0 Å². The largest absolute Gasteiger partial charge is 0.301 e. The Balaban J connectivity index is 1.58. The smallest absolute Gasteiger partial charge is 0.232 e. The topological polar surface area (TPSA) is 59.3 Å². The van der Waals surface area contributed by atoms with Gasteiger partial charge in [-0.3, -0.25) is 9.20 Å². The molecule has 0 aliphatic heterocycles. The molecule has 3 heterocycles. The van der Waals surface area contributed by atoms with Crippen LogP contribution in [0, 0.1) is 5.41 Å². The molecule has 5 aromatic rings. The highest BCUT2D eigenvalue weighted by Gasteiger charge is 2.39. The second-order valence-electron chi connectivity index (χ2n) is 8.56. The van der Waals surface area contributed by atoms with Crippen molar-refractivity contribution in [3.8, 4) is 11.4 Å². The average molecular weight is 453 g/mol. The number of rotatable bonds is 6. The predicted octanol–water partition coefficient (Wildman–Crippen LogP) is 6.25. The molecular weight excluding hydrogens is 428 g/mol. The molecule has 0 aliphatic carbocycles. The van der Waals surface area contributed by atoms with Crippen molar-refractivity contribution in [3.05, 3.63) is 108 Å². The van der Waals surface area contributed by atoms with Gasteiger partial charge in [-0.1, -0.05) is 74.5 Å². The van der Waals surface area contributed by atoms with E-state index in [1.165, 1.54) is 11.3 Å². The number of hydrogen-bond acceptors (Lipinski definition) is 4. The summed E-state index contributed by atoms with van der Waals surface area (Å²) in [6.45, 7) is 3.98. The zero-order chi connectivity index (χ0) is 22.8. The maximum absolute atomic E-state index is 13.4. The number of benzene rings is 2. The van der Waals surface area contributed by atoms with Gasteiger partial charge in [0.25, 0.3) is 0 Å². The third-order valence-corrected chi connectivity index (χ3v) is 6.70. The Morgan fingerprint density at radius 1 is 0.970 bits per heavy atom. The molecule has 1 unspecified atom stereocenters. The molecule has 0 radical (unpaired) electrons. The molecule has 0 spiro atoms. The first-order valence-corrected chi connectivity index (χ1v) is 11.7. The van der Waals surface area contributed by atoms with E-state index in [1.807, 2.05) is 68.0 Å². The molecule has 5 rings (SSSR count). The molecule has 0 saturated carbocycles. The van der Waals surface area contributed by atoms with E-state index in [9.17, 15) is 4.79 Å². The minimum atomic E-state index is -0.729. The van der Waals surface area contributed by atoms with Crippen LogP contribution in [0.25, 0.3) is 16.9 Å². The Morgan fingerprint density at radius 2 is 1.70 bits per heavy atom. The summed E-state index contributed by atoms with van der Waals surface area (Å²) in [6.07, 6.45) is 5.63. The molecule has 1 amide bonds. The van der Waals surface area contributed by atoms with Gasteiger partial charge in [-0.2, -0.15) is 0 Å². The molecule has 164 valence electrons. The van der Waals surface area contributed by atoms with Crippen LogP contribution in [0.4, 0.5) is 5.13 Å². The van der Waals surface area contributed by atoms with Crippen molar-refractivity contribution in [2.45, 2.75) is 19.8 Å². The third kappa shape index (κ3) is 4.05. The van der Waals surface area contributed by atoms with Gasteiger partial charge in [-0.25, -0.2) is 9.97 Å². The fourth-order valence-corrected chi connectivity index (χ4v) is 4.87. The highest BCUT2D eigenvalue weighted by Crippen LogP contribution is 2.42. The number of anilines is 1. The SMILES string of the molecule is CC(C)(C(=O)Nc1nccs1)C(c1ccccc1)c1ccn2c(-c3ccccc3)ncc2c1. The Kier molecular flexibility index (Phi) is 5.52. The Morgan fingerprint density at radius 3 is 2.39 bits per heavy atom. The molecule has 6 heteroatoms. The number of thiazole rings is 1. The molecule has 0 aliphatic rings. The number of imidazole rings is 1. The quantitative estimate of drug-likeness (QED) is 0.331. The summed E-state index contributed by atoms with van der Waals surface area (Å²) >= 11 is 1.42. The van der Waals surface area contributed by atoms with Crippen LogP contribution in [-0.2, 0) is 4.79 Å². The van der Waals surface area contributed by atoms with Gasteiger partial charge in [0.05, 0.1) is 17.1 Å². The number of carbonyl (C=O) groups excluding carboxylic acids is 1. The summed E-state index contributed by atoms with van der Waals surface area (Å²) in [4.78, 5) is 22.3. The average Bonchev–Trinajstić information content (AvgIpc) is 3.50. The number of carbonyl (C=O) groups is 1. The molecule has 0 fully saturated rings. The molecule has 33 heavy (non-hydrogen) atoms. The van der Waals surface area contributed by atoms with Crippen LogP contribution in [0.5, 0.6) is 0 Å². The van der Waals surface area contributed by atoms with Crippen molar-refractivity contribution < 1.29 is 4.79 Å². The summed E-state index contributed by atoms with van der Waals surface area (Å²) in [5.41, 5.74) is 3.47. The number of pyridine rings is 1. The number of hydrogen-bond donors (Lipinski definition) is 1. The molecule has 3 aromatic heterocycles. The lowest BCUT2D eigenvalue weighted by Crippen LogP contribution is -2.37. The zero-order valence-electron chi connectivity index (χ0n) is 18.5. The van der Waals surface area contributed by atoms with Gasteiger partial charge in [0.2, 0.25) is 5.91 Å². The van der Waals surface area contributed by atoms with Crippen molar-refractivity contribution in [2.75, 3.05) is 5.32 Å². The summed E-state index contributed by atoms with van der Waals surface area (Å²) in [6, 6.07) is 24.6. The first kappa shape index (κ1) is 21.1. The molecule has 0 bridgehead atoms. The van der Waals surface area contributed by atoms with Crippen LogP contribution >= 0.6 is 11.3 Å². The molecule has 2 aromatic carbocycles. The summed E-state index contributed by atoms with van der Waals surface area (Å²) in [5.74, 6) is 0.678. The Bertz CT molecular complexity index is 1380. The summed E-state index contributed by atoms with van der Waals surface area (Å²) in [5, 5.41) is 5.46. The number of aromatic nitrogens is 3. The van der Waals surface area contributed by atoms with Gasteiger partial charge >= 0.3 is 0 Å². The molecule has 1 atom stereocenters. The fourth-order valence-electron chi connectivity index (χ4n) is 4.34. The van der Waals surface area contributed by atoms with E-state index < -0.39 is 5.41 Å². The second-order valence-corrected chi connectivity index (χ2v) is 9.45. The van der Waals surface area contributed by atoms with E-state index in [1.54, 1.807) is 6.20 Å². The number of nitrogens with zero attached hydrogens (tertiary/aromatic N) is 3. The van der Waals surface area contributed by atoms with Gasteiger partial charge in [-0.15, -0.1) is 11.3 Å². The standard InChI is InChI=1S/C27H24N4OS/c1-27(2,25(32)30-26-28-14-16-33-26)23(19-9-5-3-6-10-19)21-13-15-31-22(17-21)18-29-24(31)20-11-7-4-8-12-20/h3-18,23H,1-2H3,(H,28,30,32). The van der Waals surface area contributed by atoms with Crippen LogP contribution in [0.3, 0.4) is 0 Å². The monoisotopic (exact) mass is 452 g/mol. The Labute approximate surface area is 196 Å². The maximum atomic E-state index is 13.4.